The SMILES string of the molecule is O=C(CCn1c(=O)c2cccn2c2cccnc21)NCCN1CCCC1. The molecule has 0 atom stereocenters. The summed E-state index contributed by atoms with van der Waals surface area (Å²) in [6.45, 7) is 4.13. The Bertz CT molecular complexity index is 984. The van der Waals surface area contributed by atoms with Crippen molar-refractivity contribution in [2.24, 2.45) is 0 Å². The summed E-state index contributed by atoms with van der Waals surface area (Å²) in [6, 6.07) is 7.42. The fourth-order valence-corrected chi connectivity index (χ4v) is 3.65. The molecule has 7 heteroatoms. The second-order valence-electron chi connectivity index (χ2n) is 6.72. The molecule has 0 spiro atoms. The number of pyridine rings is 1. The summed E-state index contributed by atoms with van der Waals surface area (Å²) in [7, 11) is 0. The summed E-state index contributed by atoms with van der Waals surface area (Å²) in [4.78, 5) is 31.7. The predicted molar refractivity (Wildman–Crippen MR) is 100 cm³/mol. The number of nitrogens with one attached hydrogen (secondary N) is 1. The van der Waals surface area contributed by atoms with Gasteiger partial charge in [-0.25, -0.2) is 4.98 Å². The van der Waals surface area contributed by atoms with E-state index in [4.69, 9.17) is 0 Å². The molecule has 1 N–H and O–H groups in total. The van der Waals surface area contributed by atoms with E-state index in [9.17, 15) is 9.59 Å². The van der Waals surface area contributed by atoms with E-state index in [1.807, 2.05) is 28.8 Å². The molecule has 26 heavy (non-hydrogen) atoms. The van der Waals surface area contributed by atoms with E-state index in [2.05, 4.69) is 15.2 Å². The molecule has 4 heterocycles. The van der Waals surface area contributed by atoms with Crippen molar-refractivity contribution >= 4 is 22.6 Å². The first kappa shape index (κ1) is 16.8. The molecule has 0 aromatic carbocycles. The van der Waals surface area contributed by atoms with Crippen molar-refractivity contribution in [3.8, 4) is 0 Å². The van der Waals surface area contributed by atoms with Crippen molar-refractivity contribution in [3.05, 3.63) is 47.0 Å². The molecule has 1 aliphatic rings. The highest BCUT2D eigenvalue weighted by Crippen LogP contribution is 2.13. The highest BCUT2D eigenvalue weighted by atomic mass is 16.2. The number of hydrogen-bond acceptors (Lipinski definition) is 4. The van der Waals surface area contributed by atoms with Gasteiger partial charge in [-0.05, 0) is 50.2 Å². The number of likely N-dealkylation sites (tertiary alicyclic amines) is 1. The molecule has 1 saturated heterocycles. The number of nitrogens with zero attached hydrogens (tertiary/aromatic N) is 4. The van der Waals surface area contributed by atoms with Crippen LogP contribution in [0.15, 0.2) is 41.5 Å². The van der Waals surface area contributed by atoms with Gasteiger partial charge in [0.2, 0.25) is 5.91 Å². The lowest BCUT2D eigenvalue weighted by Crippen LogP contribution is -2.34. The van der Waals surface area contributed by atoms with Gasteiger partial charge in [0.15, 0.2) is 5.65 Å². The van der Waals surface area contributed by atoms with Crippen LogP contribution in [-0.4, -0.2) is 50.9 Å². The average molecular weight is 353 g/mol. The lowest BCUT2D eigenvalue weighted by Gasteiger charge is -2.15. The normalized spacial score (nSPS) is 15.1. The maximum Gasteiger partial charge on any atom is 0.276 e. The number of aromatic nitrogens is 3. The van der Waals surface area contributed by atoms with Crippen LogP contribution >= 0.6 is 0 Å². The van der Waals surface area contributed by atoms with Gasteiger partial charge >= 0.3 is 0 Å². The number of carbonyl (C=O) groups is 1. The molecule has 3 aromatic heterocycles. The largest absolute Gasteiger partial charge is 0.355 e. The van der Waals surface area contributed by atoms with E-state index >= 15 is 0 Å². The number of rotatable bonds is 6. The number of carbonyl (C=O) groups excluding carboxylic acids is 1. The van der Waals surface area contributed by atoms with Crippen LogP contribution in [0.5, 0.6) is 0 Å². The van der Waals surface area contributed by atoms with Crippen LogP contribution in [0.1, 0.15) is 19.3 Å². The highest BCUT2D eigenvalue weighted by molar-refractivity contribution is 5.77. The van der Waals surface area contributed by atoms with E-state index in [1.54, 1.807) is 16.8 Å². The third kappa shape index (κ3) is 3.22. The molecule has 1 fully saturated rings. The summed E-state index contributed by atoms with van der Waals surface area (Å²) < 4.78 is 3.45. The zero-order chi connectivity index (χ0) is 17.9. The van der Waals surface area contributed by atoms with Gasteiger partial charge in [0.25, 0.3) is 5.56 Å². The summed E-state index contributed by atoms with van der Waals surface area (Å²) in [5.41, 5.74) is 1.94. The van der Waals surface area contributed by atoms with Crippen molar-refractivity contribution in [3.63, 3.8) is 0 Å². The van der Waals surface area contributed by atoms with Crippen molar-refractivity contribution in [1.82, 2.24) is 24.2 Å². The lowest BCUT2D eigenvalue weighted by atomic mass is 10.3. The summed E-state index contributed by atoms with van der Waals surface area (Å²) >= 11 is 0. The van der Waals surface area contributed by atoms with Gasteiger partial charge in [0.05, 0.1) is 5.52 Å². The molecule has 0 bridgehead atoms. The quantitative estimate of drug-likeness (QED) is 0.724. The number of hydrogen-bond donors (Lipinski definition) is 1. The van der Waals surface area contributed by atoms with Crippen LogP contribution in [-0.2, 0) is 11.3 Å². The fraction of sp³-hybridized carbons (Fsp3) is 0.421. The molecule has 3 aromatic rings. The second kappa shape index (κ2) is 7.29. The van der Waals surface area contributed by atoms with Crippen LogP contribution in [0.3, 0.4) is 0 Å². The Morgan fingerprint density at radius 2 is 1.92 bits per heavy atom. The molecule has 1 aliphatic heterocycles. The van der Waals surface area contributed by atoms with Crippen LogP contribution < -0.4 is 10.9 Å². The lowest BCUT2D eigenvalue weighted by molar-refractivity contribution is -0.121. The first-order chi connectivity index (χ1) is 12.7. The van der Waals surface area contributed by atoms with Gasteiger partial charge in [0.1, 0.15) is 5.52 Å². The van der Waals surface area contributed by atoms with Gasteiger partial charge in [-0.3, -0.25) is 14.2 Å². The summed E-state index contributed by atoms with van der Waals surface area (Å²) in [5, 5.41) is 2.96. The van der Waals surface area contributed by atoms with Crippen molar-refractivity contribution < 1.29 is 4.79 Å². The Morgan fingerprint density at radius 1 is 1.12 bits per heavy atom. The third-order valence-corrected chi connectivity index (χ3v) is 5.01. The molecule has 136 valence electrons. The van der Waals surface area contributed by atoms with Gasteiger partial charge in [-0.15, -0.1) is 0 Å². The van der Waals surface area contributed by atoms with Crippen molar-refractivity contribution in [2.45, 2.75) is 25.8 Å². The fourth-order valence-electron chi connectivity index (χ4n) is 3.65. The smallest absolute Gasteiger partial charge is 0.276 e. The van der Waals surface area contributed by atoms with Gasteiger partial charge < -0.3 is 14.6 Å². The molecule has 0 radical (unpaired) electrons. The van der Waals surface area contributed by atoms with Gasteiger partial charge in [-0.2, -0.15) is 0 Å². The third-order valence-electron chi connectivity index (χ3n) is 5.01. The first-order valence-electron chi connectivity index (χ1n) is 9.18. The summed E-state index contributed by atoms with van der Waals surface area (Å²) in [5.74, 6) is -0.0320. The van der Waals surface area contributed by atoms with E-state index < -0.39 is 0 Å². The molecule has 1 amide bonds. The molecule has 0 unspecified atom stereocenters. The van der Waals surface area contributed by atoms with E-state index in [-0.39, 0.29) is 17.9 Å². The number of aryl methyl sites for hydroxylation is 1. The van der Waals surface area contributed by atoms with Gasteiger partial charge in [0, 0.05) is 38.4 Å². The second-order valence-corrected chi connectivity index (χ2v) is 6.72. The van der Waals surface area contributed by atoms with Crippen LogP contribution in [0, 0.1) is 0 Å². The molecule has 4 rings (SSSR count). The minimum atomic E-state index is -0.119. The summed E-state index contributed by atoms with van der Waals surface area (Å²) in [6.07, 6.45) is 6.29. The predicted octanol–water partition coefficient (Wildman–Crippen LogP) is 1.25. The molecular formula is C19H23N5O2. The maximum atomic E-state index is 12.8. The van der Waals surface area contributed by atoms with Crippen molar-refractivity contribution in [2.75, 3.05) is 26.2 Å². The standard InChI is InChI=1S/C19H23N5O2/c25-17(20-9-14-22-10-1-2-11-22)7-13-24-18-15(5-3-8-21-18)23-12-4-6-16(23)19(24)26/h3-6,8,12H,1-2,7,9-11,13-14H2,(H,20,25). The minimum absolute atomic E-state index is 0.0320. The zero-order valence-electron chi connectivity index (χ0n) is 14.7. The molecule has 0 saturated carbocycles. The Hall–Kier alpha value is -2.67. The Morgan fingerprint density at radius 3 is 2.77 bits per heavy atom. The number of amides is 1. The first-order valence-corrected chi connectivity index (χ1v) is 9.18. The van der Waals surface area contributed by atoms with Gasteiger partial charge in [-0.1, -0.05) is 0 Å². The zero-order valence-corrected chi connectivity index (χ0v) is 14.7. The van der Waals surface area contributed by atoms with Crippen LogP contribution in [0.2, 0.25) is 0 Å². The van der Waals surface area contributed by atoms with Crippen LogP contribution in [0.25, 0.3) is 16.7 Å². The monoisotopic (exact) mass is 353 g/mol. The average Bonchev–Trinajstić information content (AvgIpc) is 3.34. The maximum absolute atomic E-state index is 12.8. The molecule has 0 aliphatic carbocycles. The van der Waals surface area contributed by atoms with E-state index in [0.29, 0.717) is 24.3 Å². The Balaban J connectivity index is 1.47. The number of fused-ring (bicyclic) bond motifs is 3. The Kier molecular flexibility index (Phi) is 4.71. The minimum Gasteiger partial charge on any atom is -0.355 e. The molecule has 7 nitrogen and oxygen atoms in total. The Labute approximate surface area is 151 Å². The molecular weight excluding hydrogens is 330 g/mol. The van der Waals surface area contributed by atoms with Crippen molar-refractivity contribution in [1.29, 1.82) is 0 Å². The van der Waals surface area contributed by atoms with Crippen LogP contribution in [0.4, 0.5) is 0 Å². The van der Waals surface area contributed by atoms with E-state index in [0.717, 1.165) is 25.2 Å². The van der Waals surface area contributed by atoms with E-state index in [1.165, 1.54) is 12.8 Å². The topological polar surface area (TPSA) is 71.6 Å². The highest BCUT2D eigenvalue weighted by Gasteiger charge is 2.13.